The summed E-state index contributed by atoms with van der Waals surface area (Å²) < 4.78 is 42.1. The summed E-state index contributed by atoms with van der Waals surface area (Å²) in [4.78, 5) is 0. The lowest BCUT2D eigenvalue weighted by Crippen LogP contribution is -2.41. The molecule has 1 aromatic rings. The fourth-order valence-electron chi connectivity index (χ4n) is 1.82. The van der Waals surface area contributed by atoms with E-state index in [0.29, 0.717) is 31.3 Å². The minimum Gasteiger partial charge on any atom is -0.490 e. The van der Waals surface area contributed by atoms with Crippen LogP contribution in [0, 0.1) is 0 Å². The second kappa shape index (κ2) is 7.60. The molecule has 0 saturated carbocycles. The van der Waals surface area contributed by atoms with Gasteiger partial charge in [-0.15, -0.1) is 0 Å². The van der Waals surface area contributed by atoms with Crippen molar-refractivity contribution in [1.29, 1.82) is 0 Å². The Morgan fingerprint density at radius 3 is 2.86 bits per heavy atom. The van der Waals surface area contributed by atoms with E-state index in [1.807, 2.05) is 0 Å². The van der Waals surface area contributed by atoms with Crippen LogP contribution in [0.1, 0.15) is 0 Å². The highest BCUT2D eigenvalue weighted by molar-refractivity contribution is 7.89. The quantitative estimate of drug-likeness (QED) is 0.686. The van der Waals surface area contributed by atoms with Gasteiger partial charge in [0.1, 0.15) is 12.4 Å². The van der Waals surface area contributed by atoms with Gasteiger partial charge in [-0.05, 0) is 12.1 Å². The largest absolute Gasteiger partial charge is 0.490 e. The van der Waals surface area contributed by atoms with E-state index in [9.17, 15) is 8.42 Å². The Hall–Kier alpha value is -1.35. The van der Waals surface area contributed by atoms with Gasteiger partial charge in [0.15, 0.2) is 0 Å². The van der Waals surface area contributed by atoms with Crippen molar-refractivity contribution in [2.24, 2.45) is 0 Å². The summed E-state index contributed by atoms with van der Waals surface area (Å²) >= 11 is 0. The fourth-order valence-corrected chi connectivity index (χ4v) is 2.71. The van der Waals surface area contributed by atoms with Crippen molar-refractivity contribution in [3.05, 3.63) is 24.3 Å². The van der Waals surface area contributed by atoms with Gasteiger partial charge in [-0.25, -0.2) is 13.1 Å². The summed E-state index contributed by atoms with van der Waals surface area (Å²) in [6.07, 6.45) is -0.237. The predicted octanol–water partition coefficient (Wildman–Crippen LogP) is -0.0176. The topological polar surface area (TPSA) is 99.9 Å². The highest BCUT2D eigenvalue weighted by Gasteiger charge is 2.18. The first-order valence-corrected chi connectivity index (χ1v) is 8.36. The maximum absolute atomic E-state index is 11.8. The van der Waals surface area contributed by atoms with Gasteiger partial charge in [0.05, 0.1) is 37.4 Å². The number of nitrogens with one attached hydrogen (secondary N) is 1. The molecule has 1 heterocycles. The molecular weight excluding hydrogens is 296 g/mol. The molecule has 8 heteroatoms. The number of rotatable bonds is 7. The Bertz CT molecular complexity index is 543. The molecule has 1 saturated heterocycles. The average molecular weight is 316 g/mol. The highest BCUT2D eigenvalue weighted by atomic mass is 32.2. The zero-order valence-corrected chi connectivity index (χ0v) is 12.5. The van der Waals surface area contributed by atoms with Gasteiger partial charge in [-0.3, -0.25) is 0 Å². The zero-order valence-electron chi connectivity index (χ0n) is 11.7. The van der Waals surface area contributed by atoms with Crippen molar-refractivity contribution >= 4 is 15.7 Å². The first kappa shape index (κ1) is 16.0. The van der Waals surface area contributed by atoms with Crippen LogP contribution in [0.15, 0.2) is 24.3 Å². The van der Waals surface area contributed by atoms with E-state index >= 15 is 0 Å². The Balaban J connectivity index is 1.72. The maximum atomic E-state index is 11.8. The van der Waals surface area contributed by atoms with Gasteiger partial charge in [0.2, 0.25) is 10.0 Å². The predicted molar refractivity (Wildman–Crippen MR) is 78.7 cm³/mol. The van der Waals surface area contributed by atoms with E-state index in [0.717, 1.165) is 0 Å². The standard InChI is InChI=1S/C13H20N2O5S/c14-12-3-1-2-4-13(12)20-7-8-21(16,17)15-9-11-10-18-5-6-19-11/h1-4,11,15H,5-10,14H2. The van der Waals surface area contributed by atoms with Crippen LogP contribution in [0.2, 0.25) is 0 Å². The molecule has 1 aliphatic heterocycles. The van der Waals surface area contributed by atoms with Crippen LogP contribution in [0.5, 0.6) is 5.75 Å². The molecule has 1 atom stereocenters. The normalized spacial score (nSPS) is 19.3. The molecular formula is C13H20N2O5S. The van der Waals surface area contributed by atoms with E-state index in [4.69, 9.17) is 19.9 Å². The Kier molecular flexibility index (Phi) is 5.80. The summed E-state index contributed by atoms with van der Waals surface area (Å²) in [5.41, 5.74) is 6.19. The van der Waals surface area contributed by atoms with Crippen LogP contribution in [0.4, 0.5) is 5.69 Å². The van der Waals surface area contributed by atoms with E-state index in [-0.39, 0.29) is 25.0 Å². The minimum atomic E-state index is -3.42. The van der Waals surface area contributed by atoms with Crippen LogP contribution >= 0.6 is 0 Å². The number of benzene rings is 1. The molecule has 21 heavy (non-hydrogen) atoms. The van der Waals surface area contributed by atoms with Crippen molar-refractivity contribution in [2.75, 3.05) is 44.5 Å². The second-order valence-electron chi connectivity index (χ2n) is 4.62. The van der Waals surface area contributed by atoms with Crippen molar-refractivity contribution < 1.29 is 22.6 Å². The monoisotopic (exact) mass is 316 g/mol. The van der Waals surface area contributed by atoms with Crippen LogP contribution in [0.25, 0.3) is 0 Å². The number of nitrogens with two attached hydrogens (primary N) is 1. The maximum Gasteiger partial charge on any atom is 0.215 e. The fraction of sp³-hybridized carbons (Fsp3) is 0.538. The summed E-state index contributed by atoms with van der Waals surface area (Å²) in [6.45, 7) is 1.68. The third-order valence-corrected chi connectivity index (χ3v) is 4.26. The molecule has 1 unspecified atom stereocenters. The molecule has 3 N–H and O–H groups in total. The van der Waals surface area contributed by atoms with Crippen LogP contribution in [-0.2, 0) is 19.5 Å². The molecule has 1 fully saturated rings. The average Bonchev–Trinajstić information content (AvgIpc) is 2.48. The van der Waals surface area contributed by atoms with Gasteiger partial charge >= 0.3 is 0 Å². The van der Waals surface area contributed by atoms with Gasteiger partial charge in [-0.1, -0.05) is 12.1 Å². The summed E-state index contributed by atoms with van der Waals surface area (Å²) in [7, 11) is -3.42. The third kappa shape index (κ3) is 5.50. The van der Waals surface area contributed by atoms with E-state index in [2.05, 4.69) is 4.72 Å². The molecule has 7 nitrogen and oxygen atoms in total. The smallest absolute Gasteiger partial charge is 0.215 e. The lowest BCUT2D eigenvalue weighted by atomic mass is 10.3. The lowest BCUT2D eigenvalue weighted by molar-refractivity contribution is -0.0846. The number of anilines is 1. The Labute approximate surface area is 124 Å². The molecule has 0 aliphatic carbocycles. The van der Waals surface area contributed by atoms with Crippen LogP contribution < -0.4 is 15.2 Å². The number of sulfonamides is 1. The van der Waals surface area contributed by atoms with Crippen LogP contribution in [0.3, 0.4) is 0 Å². The highest BCUT2D eigenvalue weighted by Crippen LogP contribution is 2.19. The molecule has 1 aliphatic rings. The van der Waals surface area contributed by atoms with E-state index in [1.54, 1.807) is 24.3 Å². The summed E-state index contributed by atoms with van der Waals surface area (Å²) in [6, 6.07) is 6.96. The SMILES string of the molecule is Nc1ccccc1OCCS(=O)(=O)NCC1COCCO1. The first-order chi connectivity index (χ1) is 10.1. The summed E-state index contributed by atoms with van der Waals surface area (Å²) in [5.74, 6) is 0.339. The van der Waals surface area contributed by atoms with Gasteiger partial charge in [-0.2, -0.15) is 0 Å². The van der Waals surface area contributed by atoms with E-state index < -0.39 is 10.0 Å². The molecule has 118 valence electrons. The number of para-hydroxylation sites is 2. The van der Waals surface area contributed by atoms with Gasteiger partial charge < -0.3 is 19.9 Å². The summed E-state index contributed by atoms with van der Waals surface area (Å²) in [5, 5.41) is 0. The number of hydrogen-bond acceptors (Lipinski definition) is 6. The number of nitrogen functional groups attached to an aromatic ring is 1. The second-order valence-corrected chi connectivity index (χ2v) is 6.55. The van der Waals surface area contributed by atoms with Crippen molar-refractivity contribution in [2.45, 2.75) is 6.10 Å². The van der Waals surface area contributed by atoms with Crippen LogP contribution in [-0.4, -0.2) is 53.2 Å². The van der Waals surface area contributed by atoms with Crippen molar-refractivity contribution in [1.82, 2.24) is 4.72 Å². The van der Waals surface area contributed by atoms with Crippen molar-refractivity contribution in [3.8, 4) is 5.75 Å². The number of hydrogen-bond donors (Lipinski definition) is 2. The number of ether oxygens (including phenoxy) is 3. The Morgan fingerprint density at radius 2 is 2.14 bits per heavy atom. The molecule has 0 aromatic heterocycles. The third-order valence-electron chi connectivity index (χ3n) is 2.94. The molecule has 0 bridgehead atoms. The minimum absolute atomic E-state index is 0.0333. The molecule has 2 rings (SSSR count). The lowest BCUT2D eigenvalue weighted by Gasteiger charge is -2.23. The molecule has 0 amide bonds. The molecule has 0 spiro atoms. The molecule has 1 aromatic carbocycles. The van der Waals surface area contributed by atoms with Gasteiger partial charge in [0.25, 0.3) is 0 Å². The van der Waals surface area contributed by atoms with Gasteiger partial charge in [0, 0.05) is 6.54 Å². The van der Waals surface area contributed by atoms with Crippen molar-refractivity contribution in [3.63, 3.8) is 0 Å². The van der Waals surface area contributed by atoms with E-state index in [1.165, 1.54) is 0 Å². The zero-order chi connectivity index (χ0) is 15.1. The molecule has 0 radical (unpaired) electrons. The first-order valence-electron chi connectivity index (χ1n) is 6.71. The Morgan fingerprint density at radius 1 is 1.33 bits per heavy atom.